The van der Waals surface area contributed by atoms with E-state index in [2.05, 4.69) is 31.7 Å². The number of likely N-dealkylation sites (N-methyl/N-ethyl adjacent to an activating group) is 1. The molecule has 3 rings (SSSR count). The Morgan fingerprint density at radius 2 is 1.79 bits per heavy atom. The Morgan fingerprint density at radius 1 is 1.10 bits per heavy atom. The number of fused-ring (bicyclic) bond motifs is 1. The third-order valence-corrected chi connectivity index (χ3v) is 6.15. The minimum atomic E-state index is -0.506. The molecule has 1 heterocycles. The zero-order valence-electron chi connectivity index (χ0n) is 17.2. The van der Waals surface area contributed by atoms with Crippen molar-refractivity contribution < 1.29 is 9.18 Å². The number of carbonyl (C=O) groups excluding carboxylic acids is 1. The zero-order chi connectivity index (χ0) is 20.3. The molecular weight excluding hydrogens is 409 g/mol. The number of rotatable bonds is 7. The fraction of sp³-hybridized carbons (Fsp3) is 0.364. The van der Waals surface area contributed by atoms with Crippen molar-refractivity contribution in [1.82, 2.24) is 9.88 Å². The number of halogens is 2. The standard InChI is InChI=1S/C22H26FN3OS.ClH/c1-5-25(6-2)11-12-26(21(27)17-9-7-8-10-18(17)23)22-24-19-14-15(3)13-16(4)20(19)28-22;/h7-10,13-14H,5-6,11-12H2,1-4H3;1H. The number of hydrogen-bond acceptors (Lipinski definition) is 4. The van der Waals surface area contributed by atoms with Crippen LogP contribution in [-0.4, -0.2) is 42.0 Å². The van der Waals surface area contributed by atoms with Gasteiger partial charge < -0.3 is 4.90 Å². The highest BCUT2D eigenvalue weighted by Crippen LogP contribution is 2.33. The molecule has 0 N–H and O–H groups in total. The van der Waals surface area contributed by atoms with E-state index in [4.69, 9.17) is 4.98 Å². The SMILES string of the molecule is CCN(CC)CCN(C(=O)c1ccccc1F)c1nc2cc(C)cc(C)c2s1.Cl. The molecule has 0 fully saturated rings. The molecule has 0 aliphatic carbocycles. The first-order valence-corrected chi connectivity index (χ1v) is 10.4. The molecule has 156 valence electrons. The predicted molar refractivity (Wildman–Crippen MR) is 122 cm³/mol. The number of benzene rings is 2. The maximum atomic E-state index is 14.3. The van der Waals surface area contributed by atoms with E-state index in [-0.39, 0.29) is 23.9 Å². The van der Waals surface area contributed by atoms with Crippen molar-refractivity contribution in [1.29, 1.82) is 0 Å². The number of aromatic nitrogens is 1. The molecule has 4 nitrogen and oxygen atoms in total. The Bertz CT molecular complexity index is 987. The third-order valence-electron chi connectivity index (χ3n) is 4.92. The first kappa shape index (κ1) is 23.3. The molecule has 0 radical (unpaired) electrons. The van der Waals surface area contributed by atoms with Gasteiger partial charge in [0.15, 0.2) is 5.13 Å². The average Bonchev–Trinajstić information content (AvgIpc) is 3.09. The number of anilines is 1. The van der Waals surface area contributed by atoms with Crippen LogP contribution in [0, 0.1) is 19.7 Å². The lowest BCUT2D eigenvalue weighted by atomic mass is 10.1. The van der Waals surface area contributed by atoms with Crippen LogP contribution >= 0.6 is 23.7 Å². The molecule has 0 atom stereocenters. The van der Waals surface area contributed by atoms with Gasteiger partial charge in [0.2, 0.25) is 0 Å². The predicted octanol–water partition coefficient (Wildman–Crippen LogP) is 5.46. The van der Waals surface area contributed by atoms with Crippen molar-refractivity contribution in [3.8, 4) is 0 Å². The van der Waals surface area contributed by atoms with E-state index in [9.17, 15) is 9.18 Å². The molecule has 2 aromatic carbocycles. The summed E-state index contributed by atoms with van der Waals surface area (Å²) >= 11 is 1.49. The Morgan fingerprint density at radius 3 is 2.45 bits per heavy atom. The summed E-state index contributed by atoms with van der Waals surface area (Å²) in [6.45, 7) is 11.2. The highest BCUT2D eigenvalue weighted by atomic mass is 35.5. The second-order valence-corrected chi connectivity index (χ2v) is 7.87. The van der Waals surface area contributed by atoms with Crippen molar-refractivity contribution in [3.63, 3.8) is 0 Å². The Kier molecular flexibility index (Phi) is 8.14. The quantitative estimate of drug-likeness (QED) is 0.494. The Labute approximate surface area is 181 Å². The van der Waals surface area contributed by atoms with Gasteiger partial charge in [-0.15, -0.1) is 12.4 Å². The van der Waals surface area contributed by atoms with Crippen LogP contribution in [0.25, 0.3) is 10.2 Å². The lowest BCUT2D eigenvalue weighted by molar-refractivity contribution is 0.0980. The first-order chi connectivity index (χ1) is 13.4. The maximum Gasteiger partial charge on any atom is 0.263 e. The molecule has 1 aromatic heterocycles. The highest BCUT2D eigenvalue weighted by Gasteiger charge is 2.24. The summed E-state index contributed by atoms with van der Waals surface area (Å²) in [5, 5.41) is 0.615. The van der Waals surface area contributed by atoms with Gasteiger partial charge in [-0.05, 0) is 56.3 Å². The van der Waals surface area contributed by atoms with Crippen LogP contribution in [0.3, 0.4) is 0 Å². The number of thiazole rings is 1. The van der Waals surface area contributed by atoms with Crippen molar-refractivity contribution in [3.05, 3.63) is 58.9 Å². The van der Waals surface area contributed by atoms with Crippen LogP contribution in [0.2, 0.25) is 0 Å². The van der Waals surface area contributed by atoms with Crippen LogP contribution in [-0.2, 0) is 0 Å². The number of nitrogens with zero attached hydrogens (tertiary/aromatic N) is 3. The molecule has 0 aliphatic heterocycles. The highest BCUT2D eigenvalue weighted by molar-refractivity contribution is 7.22. The van der Waals surface area contributed by atoms with Crippen molar-refractivity contribution >= 4 is 45.0 Å². The summed E-state index contributed by atoms with van der Waals surface area (Å²) in [6.07, 6.45) is 0. The molecule has 3 aromatic rings. The molecule has 0 aliphatic rings. The minimum Gasteiger partial charge on any atom is -0.302 e. The van der Waals surface area contributed by atoms with Crippen molar-refractivity contribution in [2.24, 2.45) is 0 Å². The van der Waals surface area contributed by atoms with Gasteiger partial charge in [-0.25, -0.2) is 9.37 Å². The average molecular weight is 436 g/mol. The lowest BCUT2D eigenvalue weighted by Crippen LogP contribution is -2.39. The van der Waals surface area contributed by atoms with Gasteiger partial charge in [0.25, 0.3) is 5.91 Å². The van der Waals surface area contributed by atoms with Gasteiger partial charge in [-0.2, -0.15) is 0 Å². The Balaban J connectivity index is 0.00000300. The van der Waals surface area contributed by atoms with E-state index in [0.717, 1.165) is 34.4 Å². The van der Waals surface area contributed by atoms with Crippen LogP contribution < -0.4 is 4.90 Å². The summed E-state index contributed by atoms with van der Waals surface area (Å²) in [4.78, 5) is 21.8. The van der Waals surface area contributed by atoms with Gasteiger partial charge in [-0.3, -0.25) is 9.69 Å². The number of hydrogen-bond donors (Lipinski definition) is 0. The van der Waals surface area contributed by atoms with E-state index < -0.39 is 5.82 Å². The maximum absolute atomic E-state index is 14.3. The first-order valence-electron chi connectivity index (χ1n) is 9.61. The number of aryl methyl sites for hydroxylation is 2. The van der Waals surface area contributed by atoms with Gasteiger partial charge in [0, 0.05) is 13.1 Å². The smallest absolute Gasteiger partial charge is 0.263 e. The largest absolute Gasteiger partial charge is 0.302 e. The van der Waals surface area contributed by atoms with E-state index >= 15 is 0 Å². The second-order valence-electron chi connectivity index (χ2n) is 6.89. The summed E-state index contributed by atoms with van der Waals surface area (Å²) in [5.41, 5.74) is 3.23. The summed E-state index contributed by atoms with van der Waals surface area (Å²) in [7, 11) is 0. The molecule has 0 saturated heterocycles. The van der Waals surface area contributed by atoms with E-state index in [1.807, 2.05) is 13.0 Å². The summed E-state index contributed by atoms with van der Waals surface area (Å²) in [6, 6.07) is 10.3. The van der Waals surface area contributed by atoms with Gasteiger partial charge in [0.05, 0.1) is 15.8 Å². The normalized spacial score (nSPS) is 11.0. The van der Waals surface area contributed by atoms with Gasteiger partial charge in [0.1, 0.15) is 5.82 Å². The monoisotopic (exact) mass is 435 g/mol. The zero-order valence-corrected chi connectivity index (χ0v) is 18.9. The fourth-order valence-electron chi connectivity index (χ4n) is 3.33. The van der Waals surface area contributed by atoms with Gasteiger partial charge >= 0.3 is 0 Å². The lowest BCUT2D eigenvalue weighted by Gasteiger charge is -2.24. The second kappa shape index (κ2) is 10.1. The summed E-state index contributed by atoms with van der Waals surface area (Å²) in [5.74, 6) is -0.854. The minimum absolute atomic E-state index is 0. The van der Waals surface area contributed by atoms with E-state index in [1.54, 1.807) is 17.0 Å². The molecule has 29 heavy (non-hydrogen) atoms. The molecule has 0 bridgehead atoms. The van der Waals surface area contributed by atoms with E-state index in [1.165, 1.54) is 23.5 Å². The fourth-order valence-corrected chi connectivity index (χ4v) is 4.37. The molecule has 0 spiro atoms. The topological polar surface area (TPSA) is 36.4 Å². The molecule has 0 saturated carbocycles. The van der Waals surface area contributed by atoms with Crippen LogP contribution in [0.1, 0.15) is 35.3 Å². The molecular formula is C22H27ClFN3OS. The van der Waals surface area contributed by atoms with E-state index in [0.29, 0.717) is 18.2 Å². The van der Waals surface area contributed by atoms with Crippen LogP contribution in [0.15, 0.2) is 36.4 Å². The molecule has 0 unspecified atom stereocenters. The third kappa shape index (κ3) is 5.13. The molecule has 7 heteroatoms. The van der Waals surface area contributed by atoms with Gasteiger partial charge in [-0.1, -0.05) is 43.4 Å². The number of carbonyl (C=O) groups is 1. The Hall–Kier alpha value is -2.02. The van der Waals surface area contributed by atoms with Crippen LogP contribution in [0.4, 0.5) is 9.52 Å². The van der Waals surface area contributed by atoms with Crippen molar-refractivity contribution in [2.75, 3.05) is 31.1 Å². The van der Waals surface area contributed by atoms with Crippen LogP contribution in [0.5, 0.6) is 0 Å². The number of amides is 1. The van der Waals surface area contributed by atoms with Crippen molar-refractivity contribution in [2.45, 2.75) is 27.7 Å². The summed E-state index contributed by atoms with van der Waals surface area (Å²) < 4.78 is 15.4. The molecule has 1 amide bonds.